The number of hydrogen-bond donors (Lipinski definition) is 1. The predicted octanol–water partition coefficient (Wildman–Crippen LogP) is 0.242. The highest BCUT2D eigenvalue weighted by Crippen LogP contribution is 2.31. The molecule has 4 rings (SSSR count). The predicted molar refractivity (Wildman–Crippen MR) is 106 cm³/mol. The van der Waals surface area contributed by atoms with Gasteiger partial charge in [-0.25, -0.2) is 0 Å². The minimum absolute atomic E-state index is 0. The second kappa shape index (κ2) is 9.24. The van der Waals surface area contributed by atoms with Gasteiger partial charge < -0.3 is 19.9 Å². The van der Waals surface area contributed by atoms with E-state index in [-0.39, 0.29) is 42.0 Å². The largest absolute Gasteiger partial charge is 0.378 e. The van der Waals surface area contributed by atoms with E-state index < -0.39 is 0 Å². The first-order valence-electron chi connectivity index (χ1n) is 9.98. The Morgan fingerprint density at radius 2 is 1.93 bits per heavy atom. The summed E-state index contributed by atoms with van der Waals surface area (Å²) >= 11 is 0. The summed E-state index contributed by atoms with van der Waals surface area (Å²) in [7, 11) is 1.90. The number of aryl methyl sites for hydroxylation is 1. The number of carbonyl (C=O) groups is 2. The number of amides is 2. The van der Waals surface area contributed by atoms with E-state index in [1.54, 1.807) is 4.68 Å². The minimum atomic E-state index is -0.0774. The summed E-state index contributed by atoms with van der Waals surface area (Å²) in [6.07, 6.45) is 5.62. The van der Waals surface area contributed by atoms with Gasteiger partial charge in [0.1, 0.15) is 0 Å². The zero-order valence-electron chi connectivity index (χ0n) is 16.4. The number of carbonyl (C=O) groups excluding carboxylic acids is 2. The first-order chi connectivity index (χ1) is 13.1. The van der Waals surface area contributed by atoms with Crippen LogP contribution in [0.3, 0.4) is 0 Å². The number of nitrogens with zero attached hydrogens (tertiary/aromatic N) is 4. The van der Waals surface area contributed by atoms with Crippen LogP contribution in [0.1, 0.15) is 24.3 Å². The standard InChI is InChI=1S/C19H29N5O3.ClH/c1-22-12-15(9-21-22)16-10-20-11-17(16)19(26)24-4-2-3-14(13-24)18(25)23-5-7-27-8-6-23;/h9,12,14,16-17,20H,2-8,10-11,13H2,1H3;1H/t14?,16-,17+;/m1./s1. The lowest BCUT2D eigenvalue weighted by molar-refractivity contribution is -0.145. The molecule has 3 aliphatic heterocycles. The molecule has 1 unspecified atom stereocenters. The van der Waals surface area contributed by atoms with E-state index in [0.29, 0.717) is 39.4 Å². The van der Waals surface area contributed by atoms with Crippen molar-refractivity contribution in [2.45, 2.75) is 18.8 Å². The number of rotatable bonds is 3. The SMILES string of the molecule is Cl.Cn1cc([C@H]2CNC[C@@H]2C(=O)N2CCCC(C(=O)N3CCOCC3)C2)cn1. The first-order valence-corrected chi connectivity index (χ1v) is 9.98. The van der Waals surface area contributed by atoms with E-state index in [1.807, 2.05) is 29.2 Å². The fourth-order valence-corrected chi connectivity index (χ4v) is 4.58. The van der Waals surface area contributed by atoms with Gasteiger partial charge in [-0.15, -0.1) is 12.4 Å². The maximum Gasteiger partial charge on any atom is 0.227 e. The Morgan fingerprint density at radius 3 is 2.64 bits per heavy atom. The zero-order chi connectivity index (χ0) is 18.8. The van der Waals surface area contributed by atoms with Crippen molar-refractivity contribution in [3.63, 3.8) is 0 Å². The molecule has 0 bridgehead atoms. The molecule has 1 aromatic heterocycles. The van der Waals surface area contributed by atoms with Crippen LogP contribution in [0.4, 0.5) is 0 Å². The fraction of sp³-hybridized carbons (Fsp3) is 0.737. The first kappa shape index (κ1) is 21.1. The second-order valence-electron chi connectivity index (χ2n) is 7.88. The van der Waals surface area contributed by atoms with E-state index in [9.17, 15) is 9.59 Å². The second-order valence-corrected chi connectivity index (χ2v) is 7.88. The van der Waals surface area contributed by atoms with Crippen molar-refractivity contribution >= 4 is 24.2 Å². The Labute approximate surface area is 172 Å². The van der Waals surface area contributed by atoms with Crippen LogP contribution in [0, 0.1) is 11.8 Å². The Balaban J connectivity index is 0.00000225. The quantitative estimate of drug-likeness (QED) is 0.770. The molecule has 156 valence electrons. The monoisotopic (exact) mass is 411 g/mol. The van der Waals surface area contributed by atoms with Crippen molar-refractivity contribution in [3.05, 3.63) is 18.0 Å². The third-order valence-electron chi connectivity index (χ3n) is 6.09. The molecule has 1 aromatic rings. The molecule has 0 saturated carbocycles. The van der Waals surface area contributed by atoms with Crippen LogP contribution >= 0.6 is 12.4 Å². The highest BCUT2D eigenvalue weighted by Gasteiger charge is 2.39. The highest BCUT2D eigenvalue weighted by atomic mass is 35.5. The molecule has 9 heteroatoms. The molecule has 28 heavy (non-hydrogen) atoms. The number of ether oxygens (including phenoxy) is 1. The molecule has 0 aliphatic carbocycles. The number of piperidine rings is 1. The summed E-state index contributed by atoms with van der Waals surface area (Å²) < 4.78 is 7.13. The van der Waals surface area contributed by atoms with E-state index in [2.05, 4.69) is 10.4 Å². The molecule has 4 heterocycles. The average Bonchev–Trinajstić information content (AvgIpc) is 3.36. The Morgan fingerprint density at radius 1 is 1.14 bits per heavy atom. The molecule has 3 saturated heterocycles. The van der Waals surface area contributed by atoms with Gasteiger partial charge in [0.15, 0.2) is 0 Å². The van der Waals surface area contributed by atoms with Gasteiger partial charge in [0, 0.05) is 58.4 Å². The summed E-state index contributed by atoms with van der Waals surface area (Å²) in [5.41, 5.74) is 1.11. The lowest BCUT2D eigenvalue weighted by atomic mass is 9.88. The van der Waals surface area contributed by atoms with Crippen molar-refractivity contribution in [3.8, 4) is 0 Å². The van der Waals surface area contributed by atoms with Crippen molar-refractivity contribution in [1.29, 1.82) is 0 Å². The van der Waals surface area contributed by atoms with Crippen molar-refractivity contribution in [2.24, 2.45) is 18.9 Å². The smallest absolute Gasteiger partial charge is 0.227 e. The van der Waals surface area contributed by atoms with Gasteiger partial charge in [0.2, 0.25) is 11.8 Å². The summed E-state index contributed by atoms with van der Waals surface area (Å²) in [5, 5.41) is 7.62. The van der Waals surface area contributed by atoms with E-state index >= 15 is 0 Å². The molecule has 8 nitrogen and oxygen atoms in total. The fourth-order valence-electron chi connectivity index (χ4n) is 4.58. The molecular formula is C19H30ClN5O3. The summed E-state index contributed by atoms with van der Waals surface area (Å²) in [5.74, 6) is 0.359. The maximum absolute atomic E-state index is 13.2. The maximum atomic E-state index is 13.2. The van der Waals surface area contributed by atoms with E-state index in [1.165, 1.54) is 0 Å². The Kier molecular flexibility index (Phi) is 6.95. The van der Waals surface area contributed by atoms with Crippen LogP contribution in [-0.4, -0.2) is 83.9 Å². The number of morpholine rings is 1. The van der Waals surface area contributed by atoms with E-state index in [0.717, 1.165) is 31.5 Å². The number of aromatic nitrogens is 2. The van der Waals surface area contributed by atoms with Gasteiger partial charge in [0.25, 0.3) is 0 Å². The molecule has 3 atom stereocenters. The molecule has 0 aromatic carbocycles. The normalized spacial score (nSPS) is 28.1. The molecule has 3 aliphatic rings. The van der Waals surface area contributed by atoms with Crippen LogP contribution in [0.5, 0.6) is 0 Å². The average molecular weight is 412 g/mol. The van der Waals surface area contributed by atoms with Gasteiger partial charge in [-0.3, -0.25) is 14.3 Å². The third kappa shape index (κ3) is 4.34. The van der Waals surface area contributed by atoms with Crippen LogP contribution in [-0.2, 0) is 21.4 Å². The molecular weight excluding hydrogens is 382 g/mol. The van der Waals surface area contributed by atoms with Gasteiger partial charge in [-0.05, 0) is 18.4 Å². The number of halogens is 1. The summed E-state index contributed by atoms with van der Waals surface area (Å²) in [6, 6.07) is 0. The molecule has 0 radical (unpaired) electrons. The summed E-state index contributed by atoms with van der Waals surface area (Å²) in [4.78, 5) is 29.9. The molecule has 1 N–H and O–H groups in total. The van der Waals surface area contributed by atoms with Gasteiger partial charge in [-0.1, -0.05) is 0 Å². The highest BCUT2D eigenvalue weighted by molar-refractivity contribution is 5.85. The molecule has 3 fully saturated rings. The van der Waals surface area contributed by atoms with Crippen LogP contribution in [0.2, 0.25) is 0 Å². The third-order valence-corrected chi connectivity index (χ3v) is 6.09. The molecule has 2 amide bonds. The van der Waals surface area contributed by atoms with Crippen molar-refractivity contribution < 1.29 is 14.3 Å². The Bertz CT molecular complexity index is 691. The number of likely N-dealkylation sites (tertiary alicyclic amines) is 1. The van der Waals surface area contributed by atoms with Crippen molar-refractivity contribution in [1.82, 2.24) is 24.9 Å². The van der Waals surface area contributed by atoms with Gasteiger partial charge >= 0.3 is 0 Å². The summed E-state index contributed by atoms with van der Waals surface area (Å²) in [6.45, 7) is 5.34. The Hall–Kier alpha value is -1.64. The van der Waals surface area contributed by atoms with Gasteiger partial charge in [-0.2, -0.15) is 5.10 Å². The minimum Gasteiger partial charge on any atom is -0.378 e. The zero-order valence-corrected chi connectivity index (χ0v) is 17.2. The number of hydrogen-bond acceptors (Lipinski definition) is 5. The molecule has 0 spiro atoms. The topological polar surface area (TPSA) is 79.7 Å². The lowest BCUT2D eigenvalue weighted by Crippen LogP contribution is -2.51. The van der Waals surface area contributed by atoms with Gasteiger partial charge in [0.05, 0.1) is 31.2 Å². The van der Waals surface area contributed by atoms with Crippen LogP contribution in [0.15, 0.2) is 12.4 Å². The van der Waals surface area contributed by atoms with Crippen molar-refractivity contribution in [2.75, 3.05) is 52.5 Å². The van der Waals surface area contributed by atoms with E-state index in [4.69, 9.17) is 4.74 Å². The van der Waals surface area contributed by atoms with Crippen LogP contribution in [0.25, 0.3) is 0 Å². The lowest BCUT2D eigenvalue weighted by Gasteiger charge is -2.37. The number of nitrogens with one attached hydrogen (secondary N) is 1. The van der Waals surface area contributed by atoms with Crippen LogP contribution < -0.4 is 5.32 Å².